The van der Waals surface area contributed by atoms with E-state index >= 15 is 0 Å². The Morgan fingerprint density at radius 3 is 2.79 bits per heavy atom. The molecular formula is C14H18BrN3O. The van der Waals surface area contributed by atoms with Crippen molar-refractivity contribution < 1.29 is 4.74 Å². The van der Waals surface area contributed by atoms with Crippen molar-refractivity contribution in [3.05, 3.63) is 34.1 Å². The van der Waals surface area contributed by atoms with E-state index in [0.29, 0.717) is 0 Å². The molecule has 1 heterocycles. The Hall–Kier alpha value is -1.33. The molecule has 0 aliphatic rings. The van der Waals surface area contributed by atoms with Crippen molar-refractivity contribution in [1.82, 2.24) is 15.1 Å². The lowest BCUT2D eigenvalue weighted by Gasteiger charge is -2.11. The number of rotatable bonds is 4. The predicted molar refractivity (Wildman–Crippen MR) is 80.4 cm³/mol. The number of ether oxygens (including phenoxy) is 1. The predicted octanol–water partition coefficient (Wildman–Crippen LogP) is 2.89. The summed E-state index contributed by atoms with van der Waals surface area (Å²) < 4.78 is 8.42. The summed E-state index contributed by atoms with van der Waals surface area (Å²) in [6, 6.07) is 6.02. The van der Waals surface area contributed by atoms with Crippen molar-refractivity contribution in [3.8, 4) is 16.9 Å². The summed E-state index contributed by atoms with van der Waals surface area (Å²) in [4.78, 5) is 0. The maximum Gasteiger partial charge on any atom is 0.126 e. The molecule has 2 rings (SSSR count). The minimum absolute atomic E-state index is 0.766. The Bertz CT molecular complexity index is 593. The molecule has 5 heteroatoms. The first-order valence-corrected chi connectivity index (χ1v) is 6.88. The van der Waals surface area contributed by atoms with E-state index in [-0.39, 0.29) is 0 Å². The van der Waals surface area contributed by atoms with Gasteiger partial charge in [-0.25, -0.2) is 0 Å². The van der Waals surface area contributed by atoms with Crippen LogP contribution in [0.25, 0.3) is 11.1 Å². The zero-order valence-corrected chi connectivity index (χ0v) is 13.2. The Balaban J connectivity index is 2.67. The average Bonchev–Trinajstić information content (AvgIpc) is 2.65. The van der Waals surface area contributed by atoms with Crippen molar-refractivity contribution >= 4 is 15.9 Å². The van der Waals surface area contributed by atoms with Crippen molar-refractivity contribution in [1.29, 1.82) is 0 Å². The van der Waals surface area contributed by atoms with Crippen LogP contribution in [-0.4, -0.2) is 23.9 Å². The molecule has 2 aromatic rings. The minimum atomic E-state index is 0.766. The highest BCUT2D eigenvalue weighted by Crippen LogP contribution is 2.36. The molecule has 1 N–H and O–H groups in total. The molecule has 1 aromatic heterocycles. The first-order valence-electron chi connectivity index (χ1n) is 6.09. The molecule has 1 aromatic carbocycles. The van der Waals surface area contributed by atoms with Crippen LogP contribution >= 0.6 is 15.9 Å². The summed E-state index contributed by atoms with van der Waals surface area (Å²) in [5.74, 6) is 0.858. The summed E-state index contributed by atoms with van der Waals surface area (Å²) >= 11 is 3.52. The number of aryl methyl sites for hydroxylation is 2. The Labute approximate surface area is 121 Å². The fourth-order valence-electron chi connectivity index (χ4n) is 2.30. The number of halogens is 1. The number of hydrogen-bond donors (Lipinski definition) is 1. The van der Waals surface area contributed by atoms with Crippen molar-refractivity contribution in [3.63, 3.8) is 0 Å². The highest BCUT2D eigenvalue weighted by molar-refractivity contribution is 9.10. The van der Waals surface area contributed by atoms with Crippen LogP contribution in [0.2, 0.25) is 0 Å². The average molecular weight is 324 g/mol. The minimum Gasteiger partial charge on any atom is -0.496 e. The van der Waals surface area contributed by atoms with E-state index in [1.165, 1.54) is 0 Å². The number of aromatic nitrogens is 2. The highest BCUT2D eigenvalue weighted by atomic mass is 79.9. The van der Waals surface area contributed by atoms with Crippen molar-refractivity contribution in [2.45, 2.75) is 13.5 Å². The van der Waals surface area contributed by atoms with Crippen molar-refractivity contribution in [2.75, 3.05) is 14.2 Å². The summed E-state index contributed by atoms with van der Waals surface area (Å²) in [5.41, 5.74) is 4.35. The van der Waals surface area contributed by atoms with Gasteiger partial charge >= 0.3 is 0 Å². The van der Waals surface area contributed by atoms with E-state index in [4.69, 9.17) is 4.74 Å². The van der Waals surface area contributed by atoms with Gasteiger partial charge in [0.05, 0.1) is 18.5 Å². The zero-order chi connectivity index (χ0) is 14.0. The van der Waals surface area contributed by atoms with Crippen LogP contribution in [0.15, 0.2) is 22.7 Å². The first-order chi connectivity index (χ1) is 9.08. The topological polar surface area (TPSA) is 39.1 Å². The number of hydrogen-bond acceptors (Lipinski definition) is 3. The van der Waals surface area contributed by atoms with Crippen LogP contribution in [0, 0.1) is 6.92 Å². The van der Waals surface area contributed by atoms with E-state index in [2.05, 4.69) is 32.4 Å². The van der Waals surface area contributed by atoms with Gasteiger partial charge in [0, 0.05) is 29.2 Å². The normalized spacial score (nSPS) is 10.8. The lowest BCUT2D eigenvalue weighted by molar-refractivity contribution is 0.416. The summed E-state index contributed by atoms with van der Waals surface area (Å²) in [6.45, 7) is 2.79. The molecule has 19 heavy (non-hydrogen) atoms. The molecule has 0 bridgehead atoms. The van der Waals surface area contributed by atoms with Gasteiger partial charge < -0.3 is 10.1 Å². The van der Waals surface area contributed by atoms with E-state index < -0.39 is 0 Å². The van der Waals surface area contributed by atoms with E-state index in [1.807, 2.05) is 37.8 Å². The molecule has 4 nitrogen and oxygen atoms in total. The van der Waals surface area contributed by atoms with Gasteiger partial charge in [0.2, 0.25) is 0 Å². The molecule has 0 atom stereocenters. The first kappa shape index (κ1) is 14.1. The van der Waals surface area contributed by atoms with Crippen LogP contribution in [0.1, 0.15) is 11.4 Å². The van der Waals surface area contributed by atoms with E-state index in [1.54, 1.807) is 7.11 Å². The standard InChI is InChI=1S/C14H18BrN3O/c1-9-14(12(8-16-2)18(3)17-9)11-7-10(15)5-6-13(11)19-4/h5-7,16H,8H2,1-4H3. The van der Waals surface area contributed by atoms with Crippen LogP contribution < -0.4 is 10.1 Å². The van der Waals surface area contributed by atoms with Crippen LogP contribution in [0.5, 0.6) is 5.75 Å². The van der Waals surface area contributed by atoms with Gasteiger partial charge in [-0.1, -0.05) is 15.9 Å². The van der Waals surface area contributed by atoms with Gasteiger partial charge in [0.25, 0.3) is 0 Å². The second kappa shape index (κ2) is 5.75. The molecule has 0 aliphatic carbocycles. The summed E-state index contributed by atoms with van der Waals surface area (Å²) in [6.07, 6.45) is 0. The fraction of sp³-hybridized carbons (Fsp3) is 0.357. The second-order valence-corrected chi connectivity index (χ2v) is 5.32. The quantitative estimate of drug-likeness (QED) is 0.940. The van der Waals surface area contributed by atoms with Crippen LogP contribution in [-0.2, 0) is 13.6 Å². The smallest absolute Gasteiger partial charge is 0.126 e. The maximum atomic E-state index is 5.47. The van der Waals surface area contributed by atoms with Gasteiger partial charge in [-0.05, 0) is 32.2 Å². The number of nitrogens with zero attached hydrogens (tertiary/aromatic N) is 2. The SMILES string of the molecule is CNCc1c(-c2cc(Br)ccc2OC)c(C)nn1C. The number of methoxy groups -OCH3 is 1. The summed E-state index contributed by atoms with van der Waals surface area (Å²) in [7, 11) is 5.59. The molecule has 0 unspecified atom stereocenters. The second-order valence-electron chi connectivity index (χ2n) is 4.41. The van der Waals surface area contributed by atoms with E-state index in [0.717, 1.165) is 39.3 Å². The maximum absolute atomic E-state index is 5.47. The molecule has 0 amide bonds. The largest absolute Gasteiger partial charge is 0.496 e. The van der Waals surface area contributed by atoms with Gasteiger partial charge in [-0.3, -0.25) is 4.68 Å². The lowest BCUT2D eigenvalue weighted by Crippen LogP contribution is -2.10. The van der Waals surface area contributed by atoms with Crippen LogP contribution in [0.3, 0.4) is 0 Å². The molecule has 0 fully saturated rings. The van der Waals surface area contributed by atoms with Gasteiger partial charge in [-0.2, -0.15) is 5.10 Å². The third-order valence-electron chi connectivity index (χ3n) is 3.12. The fourth-order valence-corrected chi connectivity index (χ4v) is 2.66. The molecule has 0 aliphatic heterocycles. The third-order valence-corrected chi connectivity index (χ3v) is 3.61. The molecule has 102 valence electrons. The highest BCUT2D eigenvalue weighted by Gasteiger charge is 2.18. The molecule has 0 saturated carbocycles. The van der Waals surface area contributed by atoms with Crippen molar-refractivity contribution in [2.24, 2.45) is 7.05 Å². The molecule has 0 radical (unpaired) electrons. The van der Waals surface area contributed by atoms with E-state index in [9.17, 15) is 0 Å². The third kappa shape index (κ3) is 2.67. The van der Waals surface area contributed by atoms with Crippen LogP contribution in [0.4, 0.5) is 0 Å². The van der Waals surface area contributed by atoms with Gasteiger partial charge in [-0.15, -0.1) is 0 Å². The summed E-state index contributed by atoms with van der Waals surface area (Å²) in [5, 5.41) is 7.70. The van der Waals surface area contributed by atoms with Gasteiger partial charge in [0.15, 0.2) is 0 Å². The Morgan fingerprint density at radius 2 is 2.16 bits per heavy atom. The Kier molecular flexibility index (Phi) is 4.27. The molecule has 0 saturated heterocycles. The zero-order valence-electron chi connectivity index (χ0n) is 11.6. The lowest BCUT2D eigenvalue weighted by atomic mass is 10.0. The Morgan fingerprint density at radius 1 is 1.42 bits per heavy atom. The molecule has 0 spiro atoms. The number of benzene rings is 1. The monoisotopic (exact) mass is 323 g/mol. The number of nitrogens with one attached hydrogen (secondary N) is 1. The molecular weight excluding hydrogens is 306 g/mol. The van der Waals surface area contributed by atoms with Gasteiger partial charge in [0.1, 0.15) is 5.75 Å².